The number of aromatic nitrogens is 3. The molecule has 0 spiro atoms. The number of aromatic carboxylic acids is 1. The number of pyridine rings is 1. The van der Waals surface area contributed by atoms with Gasteiger partial charge in [-0.25, -0.2) is 4.79 Å². The van der Waals surface area contributed by atoms with Crippen LogP contribution in [-0.2, 0) is 6.61 Å². The molecule has 0 fully saturated rings. The van der Waals surface area contributed by atoms with Crippen LogP contribution >= 0.6 is 11.6 Å². The first-order valence-corrected chi connectivity index (χ1v) is 7.11. The van der Waals surface area contributed by atoms with Gasteiger partial charge in [-0.1, -0.05) is 17.7 Å². The molecule has 6 nitrogen and oxygen atoms in total. The third-order valence-electron chi connectivity index (χ3n) is 3.18. The van der Waals surface area contributed by atoms with Gasteiger partial charge in [-0.05, 0) is 35.9 Å². The molecule has 1 aromatic carbocycles. The van der Waals surface area contributed by atoms with Gasteiger partial charge in [0.1, 0.15) is 12.4 Å². The summed E-state index contributed by atoms with van der Waals surface area (Å²) in [5.41, 5.74) is 2.35. The average Bonchev–Trinajstić information content (AvgIpc) is 3.09. The molecule has 0 aliphatic carbocycles. The molecule has 0 aliphatic heterocycles. The Morgan fingerprint density at radius 3 is 2.78 bits per heavy atom. The number of H-pyrrole nitrogens is 1. The molecular formula is C16H12ClN3O3. The van der Waals surface area contributed by atoms with Crippen LogP contribution < -0.4 is 4.74 Å². The number of hydrogen-bond acceptors (Lipinski definition) is 4. The molecule has 0 aliphatic rings. The maximum atomic E-state index is 11.1. The average molecular weight is 330 g/mol. The lowest BCUT2D eigenvalue weighted by molar-refractivity contribution is 0.0697. The Kier molecular flexibility index (Phi) is 4.25. The van der Waals surface area contributed by atoms with Crippen molar-refractivity contribution in [3.63, 3.8) is 0 Å². The molecule has 3 aromatic rings. The maximum absolute atomic E-state index is 11.1. The number of carbonyl (C=O) groups is 1. The van der Waals surface area contributed by atoms with Crippen LogP contribution in [0.25, 0.3) is 11.4 Å². The second-order valence-corrected chi connectivity index (χ2v) is 5.16. The van der Waals surface area contributed by atoms with Gasteiger partial charge < -0.3 is 9.84 Å². The van der Waals surface area contributed by atoms with Gasteiger partial charge in [0.05, 0.1) is 28.2 Å². The van der Waals surface area contributed by atoms with E-state index in [1.165, 1.54) is 6.07 Å². The summed E-state index contributed by atoms with van der Waals surface area (Å²) in [6.45, 7) is 0.225. The van der Waals surface area contributed by atoms with Gasteiger partial charge >= 0.3 is 5.97 Å². The molecule has 0 atom stereocenters. The Bertz CT molecular complexity index is 817. The first kappa shape index (κ1) is 15.1. The van der Waals surface area contributed by atoms with Crippen molar-refractivity contribution in [3.8, 4) is 17.1 Å². The number of hydrogen-bond donors (Lipinski definition) is 2. The summed E-state index contributed by atoms with van der Waals surface area (Å²) in [5, 5.41) is 16.0. The molecule has 0 saturated heterocycles. The smallest absolute Gasteiger partial charge is 0.337 e. The molecule has 0 bridgehead atoms. The predicted octanol–water partition coefficient (Wildman–Crippen LogP) is 3.40. The zero-order valence-electron chi connectivity index (χ0n) is 11.9. The lowest BCUT2D eigenvalue weighted by Gasteiger charge is -2.08. The zero-order chi connectivity index (χ0) is 16.2. The van der Waals surface area contributed by atoms with E-state index in [1.807, 2.05) is 12.1 Å². The zero-order valence-corrected chi connectivity index (χ0v) is 12.6. The number of carboxylic acid groups (broad SMARTS) is 1. The van der Waals surface area contributed by atoms with E-state index in [1.54, 1.807) is 30.6 Å². The fraction of sp³-hybridized carbons (Fsp3) is 0.0625. The molecule has 0 saturated carbocycles. The minimum Gasteiger partial charge on any atom is -0.487 e. The molecular weight excluding hydrogens is 318 g/mol. The molecule has 2 N–H and O–H groups in total. The number of carboxylic acids is 1. The quantitative estimate of drug-likeness (QED) is 0.749. The van der Waals surface area contributed by atoms with E-state index in [2.05, 4.69) is 15.2 Å². The third-order valence-corrected chi connectivity index (χ3v) is 3.51. The van der Waals surface area contributed by atoms with E-state index in [4.69, 9.17) is 21.4 Å². The summed E-state index contributed by atoms with van der Waals surface area (Å²) in [7, 11) is 0. The fourth-order valence-corrected chi connectivity index (χ4v) is 2.21. The Morgan fingerprint density at radius 2 is 2.13 bits per heavy atom. The molecule has 0 radical (unpaired) electrons. The molecule has 116 valence electrons. The second-order valence-electron chi connectivity index (χ2n) is 4.76. The van der Waals surface area contributed by atoms with E-state index in [0.29, 0.717) is 11.3 Å². The van der Waals surface area contributed by atoms with Crippen LogP contribution in [0.2, 0.25) is 5.02 Å². The number of nitrogens with one attached hydrogen (secondary N) is 1. The minimum absolute atomic E-state index is 0.0560. The Balaban J connectivity index is 1.69. The van der Waals surface area contributed by atoms with Crippen molar-refractivity contribution in [2.24, 2.45) is 0 Å². The van der Waals surface area contributed by atoms with Crippen molar-refractivity contribution < 1.29 is 14.6 Å². The minimum atomic E-state index is -1.07. The summed E-state index contributed by atoms with van der Waals surface area (Å²) >= 11 is 5.83. The van der Waals surface area contributed by atoms with Gasteiger partial charge in [0.2, 0.25) is 0 Å². The van der Waals surface area contributed by atoms with E-state index in [0.717, 1.165) is 11.4 Å². The highest BCUT2D eigenvalue weighted by Crippen LogP contribution is 2.20. The first-order valence-electron chi connectivity index (χ1n) is 6.74. The van der Waals surface area contributed by atoms with Crippen molar-refractivity contribution in [2.45, 2.75) is 6.61 Å². The number of rotatable bonds is 5. The van der Waals surface area contributed by atoms with Crippen LogP contribution in [0.4, 0.5) is 0 Å². The Hall–Kier alpha value is -2.86. The Morgan fingerprint density at radius 1 is 1.26 bits per heavy atom. The van der Waals surface area contributed by atoms with E-state index < -0.39 is 5.97 Å². The van der Waals surface area contributed by atoms with E-state index >= 15 is 0 Å². The number of aromatic amines is 1. The standard InChI is InChI=1S/C16H12ClN3O3/c17-13-3-1-10(7-12(13)16(21)22)9-23-11-2-4-14(18-8-11)15-5-6-19-20-15/h1-8H,9H2,(H,19,20)(H,21,22). The largest absolute Gasteiger partial charge is 0.487 e. The molecule has 7 heteroatoms. The first-order chi connectivity index (χ1) is 11.1. The van der Waals surface area contributed by atoms with Crippen molar-refractivity contribution in [2.75, 3.05) is 0 Å². The molecule has 2 aromatic heterocycles. The highest BCUT2D eigenvalue weighted by atomic mass is 35.5. The third kappa shape index (κ3) is 3.49. The maximum Gasteiger partial charge on any atom is 0.337 e. The monoisotopic (exact) mass is 329 g/mol. The van der Waals surface area contributed by atoms with Crippen LogP contribution in [0.5, 0.6) is 5.75 Å². The summed E-state index contributed by atoms with van der Waals surface area (Å²) in [4.78, 5) is 15.3. The molecule has 23 heavy (non-hydrogen) atoms. The summed E-state index contributed by atoms with van der Waals surface area (Å²) in [6.07, 6.45) is 3.26. The van der Waals surface area contributed by atoms with Gasteiger partial charge in [-0.2, -0.15) is 5.10 Å². The lowest BCUT2D eigenvalue weighted by atomic mass is 10.1. The van der Waals surface area contributed by atoms with Crippen LogP contribution in [-0.4, -0.2) is 26.3 Å². The molecule has 0 amide bonds. The van der Waals surface area contributed by atoms with Crippen molar-refractivity contribution in [1.29, 1.82) is 0 Å². The summed E-state index contributed by atoms with van der Waals surface area (Å²) < 4.78 is 5.61. The second kappa shape index (κ2) is 6.50. The van der Waals surface area contributed by atoms with Crippen molar-refractivity contribution in [1.82, 2.24) is 15.2 Å². The van der Waals surface area contributed by atoms with E-state index in [-0.39, 0.29) is 17.2 Å². The predicted molar refractivity (Wildman–Crippen MR) is 84.6 cm³/mol. The van der Waals surface area contributed by atoms with Crippen molar-refractivity contribution in [3.05, 3.63) is 64.9 Å². The highest BCUT2D eigenvalue weighted by Gasteiger charge is 2.09. The van der Waals surface area contributed by atoms with Gasteiger partial charge in [0.15, 0.2) is 0 Å². The number of benzene rings is 1. The van der Waals surface area contributed by atoms with Crippen LogP contribution in [0.3, 0.4) is 0 Å². The molecule has 2 heterocycles. The van der Waals surface area contributed by atoms with Crippen LogP contribution in [0.1, 0.15) is 15.9 Å². The molecule has 3 rings (SSSR count). The number of halogens is 1. The normalized spacial score (nSPS) is 10.5. The Labute approximate surface area is 136 Å². The number of ether oxygens (including phenoxy) is 1. The summed E-state index contributed by atoms with van der Waals surface area (Å²) in [5.74, 6) is -0.484. The summed E-state index contributed by atoms with van der Waals surface area (Å²) in [6, 6.07) is 10.2. The lowest BCUT2D eigenvalue weighted by Crippen LogP contribution is -2.01. The number of nitrogens with zero attached hydrogens (tertiary/aromatic N) is 2. The SMILES string of the molecule is O=C(O)c1cc(COc2ccc(-c3ccn[nH]3)nc2)ccc1Cl. The topological polar surface area (TPSA) is 88.1 Å². The van der Waals surface area contributed by atoms with Crippen LogP contribution in [0.15, 0.2) is 48.8 Å². The highest BCUT2D eigenvalue weighted by molar-refractivity contribution is 6.33. The van der Waals surface area contributed by atoms with E-state index in [9.17, 15) is 4.79 Å². The van der Waals surface area contributed by atoms with Crippen LogP contribution in [0, 0.1) is 0 Å². The van der Waals surface area contributed by atoms with Crippen molar-refractivity contribution >= 4 is 17.6 Å². The molecule has 0 unspecified atom stereocenters. The van der Waals surface area contributed by atoms with Gasteiger partial charge in [0.25, 0.3) is 0 Å². The van der Waals surface area contributed by atoms with Gasteiger partial charge in [-0.3, -0.25) is 10.1 Å². The fourth-order valence-electron chi connectivity index (χ4n) is 2.02. The van der Waals surface area contributed by atoms with Gasteiger partial charge in [0, 0.05) is 6.20 Å². The van der Waals surface area contributed by atoms with Gasteiger partial charge in [-0.15, -0.1) is 0 Å².